The first kappa shape index (κ1) is 42.3. The van der Waals surface area contributed by atoms with Crippen LogP contribution in [0.4, 0.5) is 15.3 Å². The molecule has 0 bridgehead atoms. The van der Waals surface area contributed by atoms with Crippen LogP contribution in [0, 0.1) is 17.8 Å². The van der Waals surface area contributed by atoms with Gasteiger partial charge in [-0.2, -0.15) is 0 Å². The van der Waals surface area contributed by atoms with Gasteiger partial charge in [0.1, 0.15) is 5.75 Å². The molecule has 0 spiro atoms. The van der Waals surface area contributed by atoms with Gasteiger partial charge in [-0.05, 0) is 138 Å². The number of carbonyl (C=O) groups is 3. The first-order valence-corrected chi connectivity index (χ1v) is 22.2. The van der Waals surface area contributed by atoms with Crippen LogP contribution in [0.3, 0.4) is 0 Å². The van der Waals surface area contributed by atoms with Crippen LogP contribution in [-0.4, -0.2) is 115 Å². The van der Waals surface area contributed by atoms with E-state index in [1.165, 1.54) is 12.7 Å². The van der Waals surface area contributed by atoms with Gasteiger partial charge >= 0.3 is 12.1 Å². The number of nitrogens with one attached hydrogen (secondary N) is 1. The number of para-hydroxylation sites is 1. The molecular formula is C39H55Br2N5O7S. The minimum atomic E-state index is -3.16. The van der Waals surface area contributed by atoms with Crippen LogP contribution < -0.4 is 5.32 Å². The Balaban J connectivity index is 0.000000222. The van der Waals surface area contributed by atoms with E-state index in [1.807, 2.05) is 47.1 Å². The molecule has 3 fully saturated rings. The second kappa shape index (κ2) is 18.8. The average Bonchev–Trinajstić information content (AvgIpc) is 3.34. The Kier molecular flexibility index (Phi) is 14.7. The van der Waals surface area contributed by atoms with Gasteiger partial charge in [0.15, 0.2) is 0 Å². The Hall–Kier alpha value is -2.88. The van der Waals surface area contributed by atoms with Crippen LogP contribution in [-0.2, 0) is 32.4 Å². The van der Waals surface area contributed by atoms with Crippen LogP contribution in [0.15, 0.2) is 45.3 Å². The number of hydrogen-bond acceptors (Lipinski definition) is 7. The zero-order valence-electron chi connectivity index (χ0n) is 31.8. The molecule has 0 aromatic heterocycles. The van der Waals surface area contributed by atoms with Gasteiger partial charge in [-0.25, -0.2) is 22.3 Å². The number of anilines is 1. The van der Waals surface area contributed by atoms with Crippen molar-refractivity contribution in [2.24, 2.45) is 17.8 Å². The van der Waals surface area contributed by atoms with Crippen molar-refractivity contribution in [3.8, 4) is 5.75 Å². The molecule has 0 unspecified atom stereocenters. The molecule has 6 rings (SSSR count). The minimum Gasteiger partial charge on any atom is -0.506 e. The molecule has 0 radical (unpaired) electrons. The van der Waals surface area contributed by atoms with E-state index in [1.54, 1.807) is 23.1 Å². The number of likely N-dealkylation sites (tertiary alicyclic amines) is 2. The molecule has 54 heavy (non-hydrogen) atoms. The summed E-state index contributed by atoms with van der Waals surface area (Å²) in [5.41, 5.74) is 3.08. The number of hydrogen-bond donors (Lipinski definition) is 2. The van der Waals surface area contributed by atoms with Gasteiger partial charge in [0.2, 0.25) is 15.9 Å². The lowest BCUT2D eigenvalue weighted by atomic mass is 9.79. The smallest absolute Gasteiger partial charge is 0.409 e. The molecule has 4 aliphatic rings. The standard InChI is InChI=1S/C23H34Br2N2O4S.C16H21N3O3/c1-15(2)32(30,31)27-10-6-19(7-11-27)18-4-8-26(9-5-18)23(29)16(3)12-17-13-20(24)22(28)21(25)14-17;1-22-16(21)18-9-7-13(8-10-18)19-11-6-12-4-2-3-5-14(12)17-15(19)20/h13-16,18-19,28H,4-12H2,1-3H3;2-5,13H,6-11H2,1H3,(H,17,20)/t16-;/m1./s1. The fourth-order valence-electron chi connectivity index (χ4n) is 8.21. The highest BCUT2D eigenvalue weighted by Crippen LogP contribution is 2.36. The summed E-state index contributed by atoms with van der Waals surface area (Å²) in [6.07, 6.45) is 6.61. The van der Waals surface area contributed by atoms with Crippen LogP contribution in [0.5, 0.6) is 5.75 Å². The molecule has 12 nitrogen and oxygen atoms in total. The molecule has 4 aliphatic heterocycles. The monoisotopic (exact) mass is 895 g/mol. The minimum absolute atomic E-state index is 0.0403. The third-order valence-corrected chi connectivity index (χ3v) is 15.0. The number of halogens is 2. The molecule has 4 amide bonds. The second-order valence-corrected chi connectivity index (χ2v) is 19.4. The predicted octanol–water partition coefficient (Wildman–Crippen LogP) is 7.09. The number of rotatable bonds is 7. The van der Waals surface area contributed by atoms with E-state index in [9.17, 15) is 27.9 Å². The molecule has 1 atom stereocenters. The van der Waals surface area contributed by atoms with Crippen molar-refractivity contribution in [3.63, 3.8) is 0 Å². The lowest BCUT2D eigenvalue weighted by Crippen LogP contribution is -2.50. The maximum atomic E-state index is 13.0. The predicted molar refractivity (Wildman–Crippen MR) is 217 cm³/mol. The van der Waals surface area contributed by atoms with Crippen LogP contribution in [0.25, 0.3) is 0 Å². The van der Waals surface area contributed by atoms with Crippen molar-refractivity contribution in [3.05, 3.63) is 56.5 Å². The number of phenols is 1. The zero-order chi connectivity index (χ0) is 39.2. The Labute approximate surface area is 337 Å². The lowest BCUT2D eigenvalue weighted by molar-refractivity contribution is -0.136. The van der Waals surface area contributed by atoms with E-state index in [0.717, 1.165) is 69.3 Å². The van der Waals surface area contributed by atoms with Crippen molar-refractivity contribution in [1.29, 1.82) is 0 Å². The van der Waals surface area contributed by atoms with Crippen molar-refractivity contribution in [2.75, 3.05) is 58.2 Å². The molecule has 15 heteroatoms. The number of nitrogens with zero attached hydrogens (tertiary/aromatic N) is 4. The van der Waals surface area contributed by atoms with Gasteiger partial charge in [-0.3, -0.25) is 4.79 Å². The van der Waals surface area contributed by atoms with E-state index in [0.29, 0.717) is 59.9 Å². The number of ether oxygens (including phenoxy) is 1. The van der Waals surface area contributed by atoms with Crippen molar-refractivity contribution >= 4 is 65.6 Å². The SMILES string of the molecule is CC(C)S(=O)(=O)N1CCC(C2CCN(C(=O)[C@H](C)Cc3cc(Br)c(O)c(Br)c3)CC2)CC1.COC(=O)N1CCC(N2CCc3ccccc3NC2=O)CC1. The van der Waals surface area contributed by atoms with E-state index in [4.69, 9.17) is 4.74 Å². The number of phenolic OH excluding ortho intramolecular Hbond substituents is 1. The number of fused-ring (bicyclic) bond motifs is 1. The van der Waals surface area contributed by atoms with Gasteiger partial charge in [0.05, 0.1) is 21.3 Å². The maximum Gasteiger partial charge on any atom is 0.409 e. The number of benzene rings is 2. The molecule has 4 heterocycles. The summed E-state index contributed by atoms with van der Waals surface area (Å²) in [4.78, 5) is 42.6. The number of amides is 4. The summed E-state index contributed by atoms with van der Waals surface area (Å²) in [6, 6.07) is 11.8. The molecule has 298 valence electrons. The molecule has 2 aromatic rings. The molecule has 0 aliphatic carbocycles. The highest BCUT2D eigenvalue weighted by molar-refractivity contribution is 9.11. The van der Waals surface area contributed by atoms with E-state index in [-0.39, 0.29) is 41.0 Å². The molecule has 2 aromatic carbocycles. The fourth-order valence-corrected chi connectivity index (χ4v) is 10.8. The van der Waals surface area contributed by atoms with Gasteiger partial charge in [0, 0.05) is 63.5 Å². The number of carbonyl (C=O) groups excluding carboxylic acids is 3. The first-order valence-electron chi connectivity index (χ1n) is 19.1. The summed E-state index contributed by atoms with van der Waals surface area (Å²) < 4.78 is 32.4. The largest absolute Gasteiger partial charge is 0.506 e. The van der Waals surface area contributed by atoms with E-state index >= 15 is 0 Å². The van der Waals surface area contributed by atoms with Crippen LogP contribution >= 0.6 is 31.9 Å². The Morgan fingerprint density at radius 1 is 0.870 bits per heavy atom. The fraction of sp³-hybridized carbons (Fsp3) is 0.615. The van der Waals surface area contributed by atoms with Crippen molar-refractivity contribution in [1.82, 2.24) is 19.0 Å². The summed E-state index contributed by atoms with van der Waals surface area (Å²) in [5.74, 6) is 1.35. The average molecular weight is 898 g/mol. The van der Waals surface area contributed by atoms with Gasteiger partial charge < -0.3 is 29.9 Å². The van der Waals surface area contributed by atoms with Crippen LogP contribution in [0.1, 0.15) is 70.4 Å². The summed E-state index contributed by atoms with van der Waals surface area (Å²) >= 11 is 6.71. The molecular weight excluding hydrogens is 842 g/mol. The first-order chi connectivity index (χ1) is 25.7. The molecule has 0 saturated carbocycles. The normalized spacial score (nSPS) is 20.1. The highest BCUT2D eigenvalue weighted by Gasteiger charge is 2.36. The van der Waals surface area contributed by atoms with Crippen molar-refractivity contribution in [2.45, 2.75) is 83.4 Å². The lowest BCUT2D eigenvalue weighted by Gasteiger charge is -2.40. The summed E-state index contributed by atoms with van der Waals surface area (Å²) in [7, 11) is -1.76. The van der Waals surface area contributed by atoms with Gasteiger partial charge in [-0.15, -0.1) is 0 Å². The van der Waals surface area contributed by atoms with E-state index in [2.05, 4.69) is 43.2 Å². The Bertz CT molecular complexity index is 1720. The third kappa shape index (κ3) is 10.3. The Morgan fingerprint density at radius 2 is 1.43 bits per heavy atom. The number of piperidine rings is 3. The van der Waals surface area contributed by atoms with Gasteiger partial charge in [0.25, 0.3) is 0 Å². The quantitative estimate of drug-likeness (QED) is 0.303. The summed E-state index contributed by atoms with van der Waals surface area (Å²) in [6.45, 7) is 10.2. The van der Waals surface area contributed by atoms with Gasteiger partial charge in [-0.1, -0.05) is 25.1 Å². The molecule has 3 saturated heterocycles. The molecule has 2 N–H and O–H groups in total. The zero-order valence-corrected chi connectivity index (χ0v) is 35.8. The van der Waals surface area contributed by atoms with Crippen LogP contribution in [0.2, 0.25) is 0 Å². The number of urea groups is 1. The second-order valence-electron chi connectivity index (χ2n) is 15.2. The Morgan fingerprint density at radius 3 is 2.00 bits per heavy atom. The maximum absolute atomic E-state index is 13.0. The number of aromatic hydroxyl groups is 1. The number of methoxy groups -OCH3 is 1. The number of sulfonamides is 1. The van der Waals surface area contributed by atoms with Crippen molar-refractivity contribution < 1.29 is 32.6 Å². The summed E-state index contributed by atoms with van der Waals surface area (Å²) in [5, 5.41) is 12.5. The highest BCUT2D eigenvalue weighted by atomic mass is 79.9. The topological polar surface area (TPSA) is 140 Å². The third-order valence-electron chi connectivity index (χ3n) is 11.5. The van der Waals surface area contributed by atoms with E-state index < -0.39 is 10.0 Å².